The number of hydrogen-bond acceptors (Lipinski definition) is 5. The number of para-hydroxylation sites is 2. The van der Waals surface area contributed by atoms with Crippen molar-refractivity contribution in [2.45, 2.75) is 0 Å². The van der Waals surface area contributed by atoms with Gasteiger partial charge >= 0.3 is 0 Å². The minimum absolute atomic E-state index is 0.113. The zero-order valence-corrected chi connectivity index (χ0v) is 12.9. The van der Waals surface area contributed by atoms with Gasteiger partial charge in [0.05, 0.1) is 11.7 Å². The van der Waals surface area contributed by atoms with Crippen LogP contribution in [-0.4, -0.2) is 17.8 Å². The molecule has 1 aliphatic rings. The van der Waals surface area contributed by atoms with Gasteiger partial charge in [0.15, 0.2) is 0 Å². The first-order valence-electron chi connectivity index (χ1n) is 6.91. The van der Waals surface area contributed by atoms with Crippen LogP contribution in [0.15, 0.2) is 65.3 Å². The van der Waals surface area contributed by atoms with Gasteiger partial charge in [-0.1, -0.05) is 48.0 Å². The molecule has 2 amide bonds. The second-order valence-electron chi connectivity index (χ2n) is 4.93. The topological polar surface area (TPSA) is 89.5 Å². The molecule has 0 atom stereocenters. The van der Waals surface area contributed by atoms with E-state index in [9.17, 15) is 19.5 Å². The Morgan fingerprint density at radius 1 is 0.958 bits per heavy atom. The molecule has 6 nitrogen and oxygen atoms in total. The van der Waals surface area contributed by atoms with E-state index >= 15 is 0 Å². The van der Waals surface area contributed by atoms with Crippen LogP contribution in [-0.2, 0) is 9.59 Å². The number of hydrogen-bond donors (Lipinski definition) is 1. The Balaban J connectivity index is 1.96. The van der Waals surface area contributed by atoms with Gasteiger partial charge in [0.1, 0.15) is 10.7 Å². The number of aromatic carboxylic acids is 1. The number of nitrogens with zero attached hydrogens (tertiary/aromatic N) is 1. The number of anilines is 2. The summed E-state index contributed by atoms with van der Waals surface area (Å²) in [4.78, 5) is 36.9. The van der Waals surface area contributed by atoms with Crippen molar-refractivity contribution in [1.82, 2.24) is 0 Å². The summed E-state index contributed by atoms with van der Waals surface area (Å²) in [5.74, 6) is -2.75. The number of rotatable bonds is 4. The third kappa shape index (κ3) is 2.63. The fourth-order valence-corrected chi connectivity index (χ4v) is 2.54. The number of benzene rings is 2. The van der Waals surface area contributed by atoms with Crippen molar-refractivity contribution in [3.05, 3.63) is 70.9 Å². The molecule has 2 aromatic rings. The number of imide groups is 1. The molecule has 0 aliphatic carbocycles. The average Bonchev–Trinajstić information content (AvgIpc) is 2.79. The van der Waals surface area contributed by atoms with E-state index < -0.39 is 17.8 Å². The first-order valence-corrected chi connectivity index (χ1v) is 7.29. The first-order chi connectivity index (χ1) is 11.5. The lowest BCUT2D eigenvalue weighted by Crippen LogP contribution is -2.32. The zero-order chi connectivity index (χ0) is 17.3. The molecule has 0 saturated heterocycles. The number of amides is 2. The second-order valence-corrected chi connectivity index (χ2v) is 5.31. The Kier molecular flexibility index (Phi) is 4.05. The van der Waals surface area contributed by atoms with Gasteiger partial charge in [0.2, 0.25) is 0 Å². The molecule has 24 heavy (non-hydrogen) atoms. The minimum Gasteiger partial charge on any atom is -0.545 e. The van der Waals surface area contributed by atoms with Crippen LogP contribution in [0.4, 0.5) is 11.4 Å². The van der Waals surface area contributed by atoms with Crippen molar-refractivity contribution in [2.24, 2.45) is 0 Å². The fraction of sp³-hybridized carbons (Fsp3) is 0. The van der Waals surface area contributed by atoms with Gasteiger partial charge in [-0.05, 0) is 18.2 Å². The highest BCUT2D eigenvalue weighted by molar-refractivity contribution is 6.53. The van der Waals surface area contributed by atoms with Crippen LogP contribution in [0.2, 0.25) is 0 Å². The van der Waals surface area contributed by atoms with Gasteiger partial charge in [-0.3, -0.25) is 9.59 Å². The van der Waals surface area contributed by atoms with E-state index in [2.05, 4.69) is 5.32 Å². The van der Waals surface area contributed by atoms with Crippen molar-refractivity contribution in [2.75, 3.05) is 10.2 Å². The van der Waals surface area contributed by atoms with Gasteiger partial charge in [0.25, 0.3) is 11.8 Å². The number of nitrogens with one attached hydrogen (secondary N) is 1. The van der Waals surface area contributed by atoms with Crippen molar-refractivity contribution in [1.29, 1.82) is 0 Å². The molecule has 1 heterocycles. The highest BCUT2D eigenvalue weighted by atomic mass is 35.5. The fourth-order valence-electron chi connectivity index (χ4n) is 2.33. The predicted molar refractivity (Wildman–Crippen MR) is 86.2 cm³/mol. The van der Waals surface area contributed by atoms with E-state index in [4.69, 9.17) is 11.6 Å². The van der Waals surface area contributed by atoms with E-state index in [0.29, 0.717) is 5.69 Å². The second kappa shape index (κ2) is 6.17. The summed E-state index contributed by atoms with van der Waals surface area (Å²) < 4.78 is 0. The van der Waals surface area contributed by atoms with Gasteiger partial charge in [-0.25, -0.2) is 4.90 Å². The van der Waals surface area contributed by atoms with Gasteiger partial charge in [-0.2, -0.15) is 0 Å². The minimum atomic E-state index is -1.41. The number of carboxylic acid groups (broad SMARTS) is 1. The van der Waals surface area contributed by atoms with Crippen LogP contribution >= 0.6 is 11.6 Å². The number of carboxylic acids is 1. The summed E-state index contributed by atoms with van der Waals surface area (Å²) in [7, 11) is 0. The van der Waals surface area contributed by atoms with Gasteiger partial charge < -0.3 is 15.2 Å². The standard InChI is InChI=1S/C17H11ClN2O4/c18-13-14(19-12-9-5-4-8-11(12)17(23)24)16(22)20(15(13)21)10-6-2-1-3-7-10/h1-9,19H,(H,23,24)/p-1. The smallest absolute Gasteiger partial charge is 0.283 e. The van der Waals surface area contributed by atoms with E-state index in [-0.39, 0.29) is 22.0 Å². The first kappa shape index (κ1) is 15.8. The van der Waals surface area contributed by atoms with E-state index in [0.717, 1.165) is 4.90 Å². The van der Waals surface area contributed by atoms with Crippen LogP contribution in [0.25, 0.3) is 0 Å². The number of carbonyl (C=O) groups is 3. The van der Waals surface area contributed by atoms with Crippen molar-refractivity contribution < 1.29 is 19.5 Å². The monoisotopic (exact) mass is 341 g/mol. The predicted octanol–water partition coefficient (Wildman–Crippen LogP) is 1.49. The molecule has 2 aromatic carbocycles. The van der Waals surface area contributed by atoms with Crippen LogP contribution in [0.1, 0.15) is 10.4 Å². The summed E-state index contributed by atoms with van der Waals surface area (Å²) in [6.07, 6.45) is 0. The summed E-state index contributed by atoms with van der Waals surface area (Å²) in [6, 6.07) is 14.2. The SMILES string of the molecule is O=C([O-])c1ccccc1NC1=C(Cl)C(=O)N(c2ccccc2)C1=O. The van der Waals surface area contributed by atoms with Gasteiger partial charge in [0, 0.05) is 11.3 Å². The van der Waals surface area contributed by atoms with E-state index in [1.807, 2.05) is 0 Å². The maximum atomic E-state index is 12.5. The molecule has 0 bridgehead atoms. The molecule has 0 fully saturated rings. The summed E-state index contributed by atoms with van der Waals surface area (Å²) in [5.41, 5.74) is 0.157. The van der Waals surface area contributed by atoms with Crippen LogP contribution in [0.3, 0.4) is 0 Å². The largest absolute Gasteiger partial charge is 0.545 e. The normalized spacial score (nSPS) is 14.3. The zero-order valence-electron chi connectivity index (χ0n) is 12.2. The molecule has 3 rings (SSSR count). The van der Waals surface area contributed by atoms with Crippen LogP contribution < -0.4 is 15.3 Å². The molecular formula is C17H10ClN2O4-. The molecule has 0 saturated carbocycles. The summed E-state index contributed by atoms with van der Waals surface area (Å²) in [5, 5.41) is 13.5. The lowest BCUT2D eigenvalue weighted by atomic mass is 10.1. The summed E-state index contributed by atoms with van der Waals surface area (Å²) in [6.45, 7) is 0. The molecule has 7 heteroatoms. The lowest BCUT2D eigenvalue weighted by molar-refractivity contribution is -0.254. The maximum Gasteiger partial charge on any atom is 0.283 e. The Morgan fingerprint density at radius 2 is 1.58 bits per heavy atom. The molecule has 0 aromatic heterocycles. The Bertz CT molecular complexity index is 877. The van der Waals surface area contributed by atoms with Crippen molar-refractivity contribution >= 4 is 40.8 Å². The average molecular weight is 342 g/mol. The lowest BCUT2D eigenvalue weighted by Gasteiger charge is -2.16. The number of carbonyl (C=O) groups excluding carboxylic acids is 3. The molecule has 120 valence electrons. The van der Waals surface area contributed by atoms with E-state index in [1.54, 1.807) is 36.4 Å². The molecular weight excluding hydrogens is 332 g/mol. The van der Waals surface area contributed by atoms with Crippen molar-refractivity contribution in [3.63, 3.8) is 0 Å². The van der Waals surface area contributed by atoms with Crippen molar-refractivity contribution in [3.8, 4) is 0 Å². The van der Waals surface area contributed by atoms with Crippen LogP contribution in [0, 0.1) is 0 Å². The Labute approximate surface area is 142 Å². The number of halogens is 1. The third-order valence-corrected chi connectivity index (χ3v) is 3.80. The molecule has 0 radical (unpaired) electrons. The molecule has 1 aliphatic heterocycles. The highest BCUT2D eigenvalue weighted by Crippen LogP contribution is 2.30. The van der Waals surface area contributed by atoms with Gasteiger partial charge in [-0.15, -0.1) is 0 Å². The van der Waals surface area contributed by atoms with E-state index in [1.165, 1.54) is 18.2 Å². The quantitative estimate of drug-likeness (QED) is 0.851. The summed E-state index contributed by atoms with van der Waals surface area (Å²) >= 11 is 5.99. The molecule has 1 N–H and O–H groups in total. The highest BCUT2D eigenvalue weighted by Gasteiger charge is 2.39. The molecule has 0 unspecified atom stereocenters. The third-order valence-electron chi connectivity index (χ3n) is 3.45. The Hall–Kier alpha value is -3.12. The maximum absolute atomic E-state index is 12.5. The Morgan fingerprint density at radius 3 is 2.25 bits per heavy atom. The molecule has 0 spiro atoms. The van der Waals surface area contributed by atoms with Crippen LogP contribution in [0.5, 0.6) is 0 Å².